The third-order valence-electron chi connectivity index (χ3n) is 2.84. The van der Waals surface area contributed by atoms with E-state index in [9.17, 15) is 0 Å². The van der Waals surface area contributed by atoms with E-state index < -0.39 is 0 Å². The lowest BCUT2D eigenvalue weighted by atomic mass is 10.3. The predicted molar refractivity (Wildman–Crippen MR) is 80.6 cm³/mol. The molecule has 0 aliphatic rings. The molecule has 108 valence electrons. The van der Waals surface area contributed by atoms with Crippen LogP contribution < -0.4 is 4.74 Å². The van der Waals surface area contributed by atoms with E-state index in [0.29, 0.717) is 35.6 Å². The van der Waals surface area contributed by atoms with Crippen molar-refractivity contribution in [3.63, 3.8) is 0 Å². The van der Waals surface area contributed by atoms with E-state index in [1.54, 1.807) is 18.2 Å². The maximum atomic E-state index is 5.99. The Morgan fingerprint density at radius 2 is 1.63 bits per heavy atom. The van der Waals surface area contributed by atoms with Gasteiger partial charge in [0.1, 0.15) is 6.61 Å². The Morgan fingerprint density at radius 1 is 1.00 bits per heavy atom. The number of nitrogens with zero attached hydrogens (tertiary/aromatic N) is 1. The van der Waals surface area contributed by atoms with Crippen LogP contribution in [0.15, 0.2) is 18.2 Å². The number of benzene rings is 1. The largest absolute Gasteiger partial charge is 0.488 e. The summed E-state index contributed by atoms with van der Waals surface area (Å²) in [6, 6.07) is 5.30. The first-order valence-corrected chi connectivity index (χ1v) is 7.31. The molecular weight excluding hydrogens is 285 g/mol. The zero-order valence-corrected chi connectivity index (χ0v) is 13.0. The summed E-state index contributed by atoms with van der Waals surface area (Å²) >= 11 is 12.0. The van der Waals surface area contributed by atoms with Crippen LogP contribution in [0.3, 0.4) is 0 Å². The first kappa shape index (κ1) is 16.6. The molecule has 0 aromatic heterocycles. The Hall–Kier alpha value is -0.480. The van der Waals surface area contributed by atoms with E-state index >= 15 is 0 Å². The van der Waals surface area contributed by atoms with Gasteiger partial charge in [0.15, 0.2) is 5.75 Å². The normalized spacial score (nSPS) is 11.0. The molecule has 0 fully saturated rings. The minimum absolute atomic E-state index is 0.446. The molecule has 1 rings (SSSR count). The van der Waals surface area contributed by atoms with E-state index in [1.165, 1.54) is 0 Å². The van der Waals surface area contributed by atoms with E-state index in [4.69, 9.17) is 32.7 Å². The first-order valence-electron chi connectivity index (χ1n) is 6.56. The second-order valence-corrected chi connectivity index (χ2v) is 4.85. The van der Waals surface area contributed by atoms with Crippen molar-refractivity contribution < 1.29 is 9.47 Å². The molecule has 0 spiro atoms. The Bertz CT molecular complexity index is 350. The highest BCUT2D eigenvalue weighted by atomic mass is 35.5. The van der Waals surface area contributed by atoms with Crippen molar-refractivity contribution in [1.29, 1.82) is 0 Å². The third-order valence-corrected chi connectivity index (χ3v) is 3.43. The molecule has 0 radical (unpaired) electrons. The van der Waals surface area contributed by atoms with Gasteiger partial charge in [-0.15, -0.1) is 0 Å². The molecule has 0 aliphatic carbocycles. The van der Waals surface area contributed by atoms with Crippen molar-refractivity contribution in [1.82, 2.24) is 4.90 Å². The molecule has 0 atom stereocenters. The summed E-state index contributed by atoms with van der Waals surface area (Å²) in [6.07, 6.45) is 0. The van der Waals surface area contributed by atoms with Crippen molar-refractivity contribution in [2.45, 2.75) is 13.8 Å². The van der Waals surface area contributed by atoms with Gasteiger partial charge in [0.05, 0.1) is 23.3 Å². The smallest absolute Gasteiger partial charge is 0.156 e. The van der Waals surface area contributed by atoms with Gasteiger partial charge in [-0.1, -0.05) is 43.1 Å². The van der Waals surface area contributed by atoms with E-state index in [-0.39, 0.29) is 0 Å². The number of rotatable bonds is 9. The predicted octanol–water partition coefficient (Wildman–Crippen LogP) is 3.73. The summed E-state index contributed by atoms with van der Waals surface area (Å²) in [5.74, 6) is 0.526. The van der Waals surface area contributed by atoms with Crippen LogP contribution in [0, 0.1) is 0 Å². The van der Waals surface area contributed by atoms with Gasteiger partial charge in [-0.25, -0.2) is 0 Å². The fourth-order valence-electron chi connectivity index (χ4n) is 1.66. The van der Waals surface area contributed by atoms with Crippen molar-refractivity contribution in [3.8, 4) is 5.75 Å². The molecular formula is C14H21Cl2NO2. The van der Waals surface area contributed by atoms with Crippen LogP contribution in [-0.2, 0) is 4.74 Å². The minimum atomic E-state index is 0.446. The number of hydrogen-bond donors (Lipinski definition) is 0. The monoisotopic (exact) mass is 305 g/mol. The lowest BCUT2D eigenvalue weighted by Gasteiger charge is -2.17. The third kappa shape index (κ3) is 6.00. The second kappa shape index (κ2) is 9.43. The van der Waals surface area contributed by atoms with Gasteiger partial charge in [-0.3, -0.25) is 0 Å². The molecule has 0 heterocycles. The van der Waals surface area contributed by atoms with Crippen molar-refractivity contribution in [3.05, 3.63) is 28.2 Å². The average molecular weight is 306 g/mol. The van der Waals surface area contributed by atoms with E-state index in [2.05, 4.69) is 18.7 Å². The van der Waals surface area contributed by atoms with Gasteiger partial charge in [0.2, 0.25) is 0 Å². The van der Waals surface area contributed by atoms with Gasteiger partial charge in [0, 0.05) is 6.54 Å². The molecule has 0 saturated heterocycles. The zero-order chi connectivity index (χ0) is 14.1. The molecule has 0 saturated carbocycles. The van der Waals surface area contributed by atoms with Crippen LogP contribution in [0.2, 0.25) is 10.0 Å². The molecule has 0 N–H and O–H groups in total. The Kier molecular flexibility index (Phi) is 8.22. The fourth-order valence-corrected chi connectivity index (χ4v) is 2.17. The minimum Gasteiger partial charge on any atom is -0.488 e. The van der Waals surface area contributed by atoms with Crippen molar-refractivity contribution in [2.24, 2.45) is 0 Å². The molecule has 0 aliphatic heterocycles. The molecule has 19 heavy (non-hydrogen) atoms. The van der Waals surface area contributed by atoms with Crippen LogP contribution in [0.4, 0.5) is 0 Å². The van der Waals surface area contributed by atoms with Crippen LogP contribution in [0.5, 0.6) is 5.75 Å². The molecule has 0 bridgehead atoms. The van der Waals surface area contributed by atoms with Gasteiger partial charge in [-0.05, 0) is 25.2 Å². The van der Waals surface area contributed by atoms with Crippen molar-refractivity contribution >= 4 is 23.2 Å². The van der Waals surface area contributed by atoms with Crippen LogP contribution in [-0.4, -0.2) is 44.4 Å². The summed E-state index contributed by atoms with van der Waals surface area (Å²) in [5, 5.41) is 1.05. The highest BCUT2D eigenvalue weighted by Gasteiger charge is 2.06. The van der Waals surface area contributed by atoms with Gasteiger partial charge in [0.25, 0.3) is 0 Å². The second-order valence-electron chi connectivity index (χ2n) is 4.04. The number of hydrogen-bond acceptors (Lipinski definition) is 3. The van der Waals surface area contributed by atoms with E-state index in [0.717, 1.165) is 19.6 Å². The lowest BCUT2D eigenvalue weighted by molar-refractivity contribution is 0.0820. The maximum absolute atomic E-state index is 5.99. The zero-order valence-electron chi connectivity index (χ0n) is 11.5. The summed E-state index contributed by atoms with van der Waals surface area (Å²) in [5.41, 5.74) is 0. The van der Waals surface area contributed by atoms with Crippen LogP contribution >= 0.6 is 23.2 Å². The van der Waals surface area contributed by atoms with Gasteiger partial charge < -0.3 is 14.4 Å². The first-order chi connectivity index (χ1) is 9.19. The number of likely N-dealkylation sites (N-methyl/N-ethyl adjacent to an activating group) is 1. The van der Waals surface area contributed by atoms with Gasteiger partial charge >= 0.3 is 0 Å². The van der Waals surface area contributed by atoms with E-state index in [1.807, 2.05) is 0 Å². The SMILES string of the molecule is CCN(CC)CCOCCOc1c(Cl)cccc1Cl. The van der Waals surface area contributed by atoms with Crippen LogP contribution in [0.25, 0.3) is 0 Å². The maximum Gasteiger partial charge on any atom is 0.156 e. The topological polar surface area (TPSA) is 21.7 Å². The standard InChI is InChI=1S/C14H21Cl2NO2/c1-3-17(4-2)8-9-18-10-11-19-14-12(15)6-5-7-13(14)16/h5-7H,3-4,8-11H2,1-2H3. The molecule has 5 heteroatoms. The fraction of sp³-hybridized carbons (Fsp3) is 0.571. The molecule has 0 amide bonds. The van der Waals surface area contributed by atoms with Crippen LogP contribution in [0.1, 0.15) is 13.8 Å². The average Bonchev–Trinajstić information content (AvgIpc) is 2.41. The lowest BCUT2D eigenvalue weighted by Crippen LogP contribution is -2.27. The number of para-hydroxylation sites is 1. The summed E-state index contributed by atoms with van der Waals surface area (Å²) in [6.45, 7) is 9.01. The Labute approximate surface area is 125 Å². The molecule has 3 nitrogen and oxygen atoms in total. The number of halogens is 2. The molecule has 0 unspecified atom stereocenters. The highest BCUT2D eigenvalue weighted by Crippen LogP contribution is 2.32. The quantitative estimate of drug-likeness (QED) is 0.649. The molecule has 1 aromatic carbocycles. The van der Waals surface area contributed by atoms with Crippen molar-refractivity contribution in [2.75, 3.05) is 39.5 Å². The summed E-state index contributed by atoms with van der Waals surface area (Å²) < 4.78 is 11.0. The number of ether oxygens (including phenoxy) is 2. The summed E-state index contributed by atoms with van der Waals surface area (Å²) in [4.78, 5) is 2.31. The highest BCUT2D eigenvalue weighted by molar-refractivity contribution is 6.37. The Balaban J connectivity index is 2.17. The Morgan fingerprint density at radius 3 is 2.21 bits per heavy atom. The van der Waals surface area contributed by atoms with Gasteiger partial charge in [-0.2, -0.15) is 0 Å². The summed E-state index contributed by atoms with van der Waals surface area (Å²) in [7, 11) is 0. The molecule has 1 aromatic rings.